The lowest BCUT2D eigenvalue weighted by atomic mass is 9.94. The first kappa shape index (κ1) is 14.1. The van der Waals surface area contributed by atoms with Crippen molar-refractivity contribution in [3.63, 3.8) is 0 Å². The molecule has 0 radical (unpaired) electrons. The van der Waals surface area contributed by atoms with Crippen molar-refractivity contribution in [2.75, 3.05) is 0 Å². The predicted molar refractivity (Wildman–Crippen MR) is 77.7 cm³/mol. The van der Waals surface area contributed by atoms with Gasteiger partial charge in [0.25, 0.3) is 0 Å². The van der Waals surface area contributed by atoms with Crippen LogP contribution in [-0.4, -0.2) is 14.9 Å². The zero-order chi connectivity index (χ0) is 14.3. The highest BCUT2D eigenvalue weighted by Gasteiger charge is 2.22. The molecule has 0 aliphatic heterocycles. The summed E-state index contributed by atoms with van der Waals surface area (Å²) in [6.45, 7) is 7.98. The molecule has 2 aromatic rings. The first-order chi connectivity index (χ1) is 8.82. The van der Waals surface area contributed by atoms with E-state index in [2.05, 4.69) is 18.1 Å². The highest BCUT2D eigenvalue weighted by Crippen LogP contribution is 2.33. The number of aryl methyl sites for hydroxylation is 5. The van der Waals surface area contributed by atoms with Crippen LogP contribution in [0.2, 0.25) is 5.15 Å². The van der Waals surface area contributed by atoms with Crippen molar-refractivity contribution < 1.29 is 5.11 Å². The lowest BCUT2D eigenvalue weighted by Gasteiger charge is -2.16. The topological polar surface area (TPSA) is 38.1 Å². The minimum Gasteiger partial charge on any atom is -0.383 e. The molecule has 0 fully saturated rings. The number of aromatic nitrogens is 2. The van der Waals surface area contributed by atoms with Gasteiger partial charge >= 0.3 is 0 Å². The first-order valence-corrected chi connectivity index (χ1v) is 6.65. The Morgan fingerprint density at radius 1 is 1.11 bits per heavy atom. The summed E-state index contributed by atoms with van der Waals surface area (Å²) in [6.07, 6.45) is -0.736. The van der Waals surface area contributed by atoms with Gasteiger partial charge in [0.1, 0.15) is 11.3 Å². The van der Waals surface area contributed by atoms with Crippen LogP contribution in [0, 0.1) is 27.7 Å². The maximum absolute atomic E-state index is 10.6. The second-order valence-corrected chi connectivity index (χ2v) is 5.47. The van der Waals surface area contributed by atoms with Gasteiger partial charge in [0, 0.05) is 12.6 Å². The molecular formula is C15H19ClN2O. The van der Waals surface area contributed by atoms with Gasteiger partial charge in [0.2, 0.25) is 0 Å². The van der Waals surface area contributed by atoms with Crippen LogP contribution in [0.4, 0.5) is 0 Å². The van der Waals surface area contributed by atoms with Crippen molar-refractivity contribution >= 4 is 11.6 Å². The minimum absolute atomic E-state index is 0.489. The fourth-order valence-corrected chi connectivity index (χ4v) is 2.67. The number of hydrogen-bond donors (Lipinski definition) is 1. The van der Waals surface area contributed by atoms with E-state index in [1.807, 2.05) is 26.8 Å². The summed E-state index contributed by atoms with van der Waals surface area (Å²) < 4.78 is 1.59. The molecule has 1 N–H and O–H groups in total. The summed E-state index contributed by atoms with van der Waals surface area (Å²) in [5.41, 5.74) is 5.80. The van der Waals surface area contributed by atoms with E-state index < -0.39 is 6.10 Å². The molecule has 3 nitrogen and oxygen atoms in total. The van der Waals surface area contributed by atoms with Gasteiger partial charge in [0.05, 0.1) is 5.69 Å². The van der Waals surface area contributed by atoms with Gasteiger partial charge in [-0.2, -0.15) is 5.10 Å². The smallest absolute Gasteiger partial charge is 0.133 e. The third-order valence-corrected chi connectivity index (χ3v) is 4.09. The zero-order valence-electron chi connectivity index (χ0n) is 12.0. The molecule has 1 heterocycles. The Morgan fingerprint density at radius 3 is 2.21 bits per heavy atom. The molecule has 1 atom stereocenters. The van der Waals surface area contributed by atoms with Crippen LogP contribution >= 0.6 is 11.6 Å². The summed E-state index contributed by atoms with van der Waals surface area (Å²) in [4.78, 5) is 0. The number of benzene rings is 1. The fraction of sp³-hybridized carbons (Fsp3) is 0.400. The molecule has 0 amide bonds. The number of hydrogen-bond acceptors (Lipinski definition) is 2. The molecule has 1 aromatic carbocycles. The third-order valence-electron chi connectivity index (χ3n) is 3.65. The minimum atomic E-state index is -0.736. The second-order valence-electron chi connectivity index (χ2n) is 5.11. The molecule has 102 valence electrons. The van der Waals surface area contributed by atoms with E-state index in [-0.39, 0.29) is 0 Å². The average Bonchev–Trinajstić information content (AvgIpc) is 2.57. The van der Waals surface area contributed by atoms with Crippen molar-refractivity contribution in [1.82, 2.24) is 9.78 Å². The largest absolute Gasteiger partial charge is 0.383 e. The number of nitrogens with zero attached hydrogens (tertiary/aromatic N) is 2. The lowest BCUT2D eigenvalue weighted by molar-refractivity contribution is 0.218. The fourth-order valence-electron chi connectivity index (χ4n) is 2.39. The average molecular weight is 279 g/mol. The van der Waals surface area contributed by atoms with E-state index in [1.54, 1.807) is 11.7 Å². The van der Waals surface area contributed by atoms with Gasteiger partial charge in [0.15, 0.2) is 0 Å². The summed E-state index contributed by atoms with van der Waals surface area (Å²) in [7, 11) is 1.78. The quantitative estimate of drug-likeness (QED) is 0.914. The Kier molecular flexibility index (Phi) is 3.70. The van der Waals surface area contributed by atoms with E-state index in [1.165, 1.54) is 5.56 Å². The number of rotatable bonds is 2. The van der Waals surface area contributed by atoms with Gasteiger partial charge in [-0.25, -0.2) is 0 Å². The van der Waals surface area contributed by atoms with Crippen LogP contribution in [0.25, 0.3) is 0 Å². The molecular weight excluding hydrogens is 260 g/mol. The van der Waals surface area contributed by atoms with Crippen molar-refractivity contribution in [3.05, 3.63) is 50.8 Å². The molecule has 1 unspecified atom stereocenters. The standard InChI is InChI=1S/C15H19ClN2O/c1-8-6-10(3)12(7-9(8)2)14(19)13-11(4)17-18(5)15(13)16/h6-7,14,19H,1-5H3. The number of halogens is 1. The lowest BCUT2D eigenvalue weighted by Crippen LogP contribution is -2.05. The van der Waals surface area contributed by atoms with Crippen LogP contribution in [0.5, 0.6) is 0 Å². The highest BCUT2D eigenvalue weighted by atomic mass is 35.5. The Balaban J connectivity index is 2.56. The van der Waals surface area contributed by atoms with Crippen LogP contribution in [0.3, 0.4) is 0 Å². The van der Waals surface area contributed by atoms with Gasteiger partial charge in [-0.3, -0.25) is 4.68 Å². The SMILES string of the molecule is Cc1cc(C)c(C(O)c2c(C)nn(C)c2Cl)cc1C. The summed E-state index contributed by atoms with van der Waals surface area (Å²) >= 11 is 6.22. The molecule has 1 aromatic heterocycles. The molecule has 0 spiro atoms. The van der Waals surface area contributed by atoms with Crippen molar-refractivity contribution in [3.8, 4) is 0 Å². The Morgan fingerprint density at radius 2 is 1.68 bits per heavy atom. The maximum Gasteiger partial charge on any atom is 0.133 e. The van der Waals surface area contributed by atoms with Crippen LogP contribution in [0.1, 0.15) is 39.6 Å². The Labute approximate surface area is 118 Å². The monoisotopic (exact) mass is 278 g/mol. The highest BCUT2D eigenvalue weighted by molar-refractivity contribution is 6.30. The van der Waals surface area contributed by atoms with Gasteiger partial charge in [-0.1, -0.05) is 23.7 Å². The molecule has 4 heteroatoms. The van der Waals surface area contributed by atoms with Crippen molar-refractivity contribution in [1.29, 1.82) is 0 Å². The Bertz CT molecular complexity index is 632. The van der Waals surface area contributed by atoms with Crippen molar-refractivity contribution in [2.45, 2.75) is 33.8 Å². The van der Waals surface area contributed by atoms with E-state index in [0.29, 0.717) is 10.7 Å². The van der Waals surface area contributed by atoms with Crippen molar-refractivity contribution in [2.24, 2.45) is 7.05 Å². The molecule has 0 aliphatic rings. The van der Waals surface area contributed by atoms with Crippen LogP contribution in [0.15, 0.2) is 12.1 Å². The van der Waals surface area contributed by atoms with Crippen LogP contribution in [-0.2, 0) is 7.05 Å². The molecule has 19 heavy (non-hydrogen) atoms. The first-order valence-electron chi connectivity index (χ1n) is 6.27. The maximum atomic E-state index is 10.6. The summed E-state index contributed by atoms with van der Waals surface area (Å²) in [5, 5.41) is 15.4. The third kappa shape index (κ3) is 2.40. The second kappa shape index (κ2) is 4.99. The summed E-state index contributed by atoms with van der Waals surface area (Å²) in [5.74, 6) is 0. The molecule has 0 saturated carbocycles. The zero-order valence-corrected chi connectivity index (χ0v) is 12.7. The van der Waals surface area contributed by atoms with Crippen LogP contribution < -0.4 is 0 Å². The van der Waals surface area contributed by atoms with E-state index in [4.69, 9.17) is 11.6 Å². The van der Waals surface area contributed by atoms with Gasteiger partial charge < -0.3 is 5.11 Å². The molecule has 0 bridgehead atoms. The van der Waals surface area contributed by atoms with Gasteiger partial charge in [-0.15, -0.1) is 0 Å². The predicted octanol–water partition coefficient (Wildman–Crippen LogP) is 3.39. The van der Waals surface area contributed by atoms with E-state index >= 15 is 0 Å². The molecule has 2 rings (SSSR count). The molecule has 0 aliphatic carbocycles. The number of aliphatic hydroxyl groups is 1. The Hall–Kier alpha value is -1.32. The van der Waals surface area contributed by atoms with Gasteiger partial charge in [-0.05, 0) is 49.9 Å². The normalized spacial score (nSPS) is 12.8. The summed E-state index contributed by atoms with van der Waals surface area (Å²) in [6, 6.07) is 4.12. The molecule has 0 saturated heterocycles. The number of aliphatic hydroxyl groups excluding tert-OH is 1. The van der Waals surface area contributed by atoms with E-state index in [9.17, 15) is 5.11 Å². The van der Waals surface area contributed by atoms with E-state index in [0.717, 1.165) is 22.4 Å².